The normalized spacial score (nSPS) is 12.1. The lowest BCUT2D eigenvalue weighted by Gasteiger charge is -2.28. The van der Waals surface area contributed by atoms with Crippen LogP contribution >= 0.6 is 30.8 Å². The van der Waals surface area contributed by atoms with E-state index in [2.05, 4.69) is 0 Å². The average molecular weight is 387 g/mol. The molecule has 0 aliphatic carbocycles. The Labute approximate surface area is 153 Å². The van der Waals surface area contributed by atoms with Crippen LogP contribution in [0.2, 0.25) is 0 Å². The Bertz CT molecular complexity index is 740. The molecule has 0 aromatic heterocycles. The Morgan fingerprint density at radius 3 is 1.54 bits per heavy atom. The highest BCUT2D eigenvalue weighted by molar-refractivity contribution is 7.60. The van der Waals surface area contributed by atoms with E-state index in [1.165, 1.54) is 6.92 Å². The molecule has 0 N–H and O–H groups in total. The minimum Gasteiger partial charge on any atom is -0.414 e. The van der Waals surface area contributed by atoms with Gasteiger partial charge in [-0.25, -0.2) is 4.57 Å². The lowest BCUT2D eigenvalue weighted by molar-refractivity contribution is 0.377. The molecule has 0 spiro atoms. The molecule has 2 rings (SSSR count). The summed E-state index contributed by atoms with van der Waals surface area (Å²) in [5.74, 6) is 0.882. The third-order valence-electron chi connectivity index (χ3n) is 4.03. The minimum absolute atomic E-state index is 0.441. The van der Waals surface area contributed by atoms with Crippen LogP contribution in [0.5, 0.6) is 11.5 Å². The fourth-order valence-electron chi connectivity index (χ4n) is 2.08. The highest BCUT2D eigenvalue weighted by atomic mass is 35.5. The van der Waals surface area contributed by atoms with Crippen molar-refractivity contribution in [3.05, 3.63) is 58.7 Å². The summed E-state index contributed by atoms with van der Waals surface area (Å²) < 4.78 is 23.2. The molecule has 3 nitrogen and oxygen atoms in total. The van der Waals surface area contributed by atoms with Crippen LogP contribution < -0.4 is 9.05 Å². The molecule has 24 heavy (non-hydrogen) atoms. The quantitative estimate of drug-likeness (QED) is 0.422. The molecule has 0 fully saturated rings. The molecule has 0 amide bonds. The van der Waals surface area contributed by atoms with Gasteiger partial charge in [-0.05, 0) is 69.0 Å². The van der Waals surface area contributed by atoms with Crippen molar-refractivity contribution >= 4 is 30.8 Å². The second-order valence-electron chi connectivity index (χ2n) is 5.92. The first-order valence-electron chi connectivity index (χ1n) is 7.55. The van der Waals surface area contributed by atoms with Crippen LogP contribution in [0, 0.1) is 27.7 Å². The van der Waals surface area contributed by atoms with Gasteiger partial charge in [-0.1, -0.05) is 47.5 Å². The molecule has 0 atom stereocenters. The molecular weight excluding hydrogens is 366 g/mol. The fraction of sp³-hybridized carbons (Fsp3) is 0.333. The van der Waals surface area contributed by atoms with Crippen LogP contribution in [0.3, 0.4) is 0 Å². The third-order valence-corrected chi connectivity index (χ3v) is 7.11. The maximum atomic E-state index is 13.4. The standard InChI is InChI=1S/C18H21Cl2O3P/c1-12-8-6-10-16(14(12)3)22-24(21,18(5,19)20)23-17-11-7-9-13(2)15(17)4/h6-11H,1-5H3. The number of hydrogen-bond donors (Lipinski definition) is 0. The van der Waals surface area contributed by atoms with Gasteiger partial charge in [-0.3, -0.25) is 0 Å². The Morgan fingerprint density at radius 1 is 0.833 bits per heavy atom. The van der Waals surface area contributed by atoms with Crippen molar-refractivity contribution in [2.45, 2.75) is 38.7 Å². The zero-order valence-corrected chi connectivity index (χ0v) is 16.8. The lowest BCUT2D eigenvalue weighted by atomic mass is 10.1. The van der Waals surface area contributed by atoms with Crippen LogP contribution in [-0.2, 0) is 4.57 Å². The van der Waals surface area contributed by atoms with Crippen molar-refractivity contribution in [2.24, 2.45) is 0 Å². The second-order valence-corrected chi connectivity index (χ2v) is 10.4. The van der Waals surface area contributed by atoms with Crippen molar-refractivity contribution in [1.29, 1.82) is 0 Å². The van der Waals surface area contributed by atoms with E-state index in [0.29, 0.717) is 11.5 Å². The largest absolute Gasteiger partial charge is 0.466 e. The maximum Gasteiger partial charge on any atom is 0.466 e. The van der Waals surface area contributed by atoms with E-state index in [1.807, 2.05) is 52.0 Å². The number of aryl methyl sites for hydroxylation is 2. The van der Waals surface area contributed by atoms with Gasteiger partial charge in [0.15, 0.2) is 0 Å². The van der Waals surface area contributed by atoms with Crippen LogP contribution in [0.1, 0.15) is 29.2 Å². The summed E-state index contributed by atoms with van der Waals surface area (Å²) in [5.41, 5.74) is 3.74. The van der Waals surface area contributed by atoms with E-state index < -0.39 is 11.7 Å². The molecule has 130 valence electrons. The summed E-state index contributed by atoms with van der Waals surface area (Å²) in [6.07, 6.45) is 0. The highest BCUT2D eigenvalue weighted by Gasteiger charge is 2.48. The van der Waals surface area contributed by atoms with E-state index in [4.69, 9.17) is 32.2 Å². The molecule has 2 aromatic carbocycles. The molecule has 2 aromatic rings. The van der Waals surface area contributed by atoms with Gasteiger partial charge in [0.1, 0.15) is 11.5 Å². The van der Waals surface area contributed by atoms with Gasteiger partial charge in [0.25, 0.3) is 0 Å². The first-order valence-corrected chi connectivity index (χ1v) is 9.84. The van der Waals surface area contributed by atoms with Crippen LogP contribution in [0.25, 0.3) is 0 Å². The first kappa shape index (κ1) is 19.2. The van der Waals surface area contributed by atoms with Crippen molar-refractivity contribution in [3.8, 4) is 11.5 Å². The monoisotopic (exact) mass is 386 g/mol. The van der Waals surface area contributed by atoms with Gasteiger partial charge in [0, 0.05) is 0 Å². The Morgan fingerprint density at radius 2 is 1.21 bits per heavy atom. The lowest BCUT2D eigenvalue weighted by Crippen LogP contribution is -2.18. The van der Waals surface area contributed by atoms with E-state index >= 15 is 0 Å². The van der Waals surface area contributed by atoms with Gasteiger partial charge in [0.05, 0.1) is 0 Å². The summed E-state index contributed by atoms with van der Waals surface area (Å²) in [4.78, 5) is 0. The predicted octanol–water partition coefficient (Wildman–Crippen LogP) is 6.72. The molecule has 0 saturated carbocycles. The summed E-state index contributed by atoms with van der Waals surface area (Å²) in [5, 5.41) is 0. The Balaban J connectivity index is 2.46. The number of rotatable bonds is 5. The second kappa shape index (κ2) is 7.00. The van der Waals surface area contributed by atoms with E-state index in [9.17, 15) is 4.57 Å². The molecule has 0 unspecified atom stereocenters. The van der Waals surface area contributed by atoms with Gasteiger partial charge in [0.2, 0.25) is 4.07 Å². The number of halogens is 2. The van der Waals surface area contributed by atoms with E-state index in [0.717, 1.165) is 22.3 Å². The fourth-order valence-corrected chi connectivity index (χ4v) is 3.77. The van der Waals surface area contributed by atoms with Gasteiger partial charge >= 0.3 is 7.60 Å². The minimum atomic E-state index is -3.91. The SMILES string of the molecule is Cc1cccc(OP(=O)(Oc2cccc(C)c2C)C(C)(Cl)Cl)c1C. The van der Waals surface area contributed by atoms with Gasteiger partial charge < -0.3 is 9.05 Å². The van der Waals surface area contributed by atoms with Gasteiger partial charge in [-0.2, -0.15) is 0 Å². The third kappa shape index (κ3) is 3.91. The zero-order chi connectivity index (χ0) is 18.1. The first-order chi connectivity index (χ1) is 11.0. The smallest absolute Gasteiger partial charge is 0.414 e. The summed E-state index contributed by atoms with van der Waals surface area (Å²) in [6, 6.07) is 11.0. The molecule has 6 heteroatoms. The van der Waals surface area contributed by atoms with E-state index in [1.54, 1.807) is 12.1 Å². The molecule has 0 saturated heterocycles. The predicted molar refractivity (Wildman–Crippen MR) is 101 cm³/mol. The van der Waals surface area contributed by atoms with Crippen molar-refractivity contribution in [3.63, 3.8) is 0 Å². The van der Waals surface area contributed by atoms with Gasteiger partial charge in [-0.15, -0.1) is 0 Å². The number of alkyl halides is 2. The highest BCUT2D eigenvalue weighted by Crippen LogP contribution is 2.63. The molecular formula is C18H21Cl2O3P. The van der Waals surface area contributed by atoms with Crippen LogP contribution in [0.15, 0.2) is 36.4 Å². The van der Waals surface area contributed by atoms with Crippen LogP contribution in [-0.4, -0.2) is 4.07 Å². The maximum absolute atomic E-state index is 13.4. The number of hydrogen-bond acceptors (Lipinski definition) is 3. The summed E-state index contributed by atoms with van der Waals surface area (Å²) in [6.45, 7) is 9.06. The molecule has 0 aliphatic heterocycles. The Kier molecular flexibility index (Phi) is 5.59. The van der Waals surface area contributed by atoms with E-state index in [-0.39, 0.29) is 0 Å². The molecule has 0 heterocycles. The summed E-state index contributed by atoms with van der Waals surface area (Å²) >= 11 is 12.4. The van der Waals surface area contributed by atoms with Crippen LogP contribution in [0.4, 0.5) is 0 Å². The zero-order valence-electron chi connectivity index (χ0n) is 14.4. The van der Waals surface area contributed by atoms with Crippen molar-refractivity contribution in [2.75, 3.05) is 0 Å². The molecule has 0 aliphatic rings. The van der Waals surface area contributed by atoms with Crippen molar-refractivity contribution < 1.29 is 13.6 Å². The molecule has 0 radical (unpaired) electrons. The average Bonchev–Trinajstić information content (AvgIpc) is 2.48. The van der Waals surface area contributed by atoms with Crippen molar-refractivity contribution in [1.82, 2.24) is 0 Å². The Hall–Kier alpha value is -1.15. The number of benzene rings is 2. The summed E-state index contributed by atoms with van der Waals surface area (Å²) in [7, 11) is -3.91. The molecule has 0 bridgehead atoms. The topological polar surface area (TPSA) is 35.5 Å².